The Labute approximate surface area is 131 Å². The number of aromatic carboxylic acids is 1. The maximum absolute atomic E-state index is 12.8. The Kier molecular flexibility index (Phi) is 3.58. The number of hydrogen-bond donors (Lipinski definition) is 1. The highest BCUT2D eigenvalue weighted by Crippen LogP contribution is 2.36. The summed E-state index contributed by atoms with van der Waals surface area (Å²) in [5, 5.41) is 9.33. The molecule has 0 fully saturated rings. The normalized spacial score (nSPS) is 12.8. The predicted molar refractivity (Wildman–Crippen MR) is 83.1 cm³/mol. The van der Waals surface area contributed by atoms with Crippen molar-refractivity contribution in [2.24, 2.45) is 0 Å². The number of rotatable bonds is 3. The monoisotopic (exact) mass is 312 g/mol. The van der Waals surface area contributed by atoms with E-state index < -0.39 is 5.97 Å². The Morgan fingerprint density at radius 1 is 1.00 bits per heavy atom. The number of benzene rings is 2. The van der Waals surface area contributed by atoms with Gasteiger partial charge in [0.1, 0.15) is 0 Å². The molecule has 1 aliphatic carbocycles. The van der Waals surface area contributed by atoms with E-state index in [-0.39, 0.29) is 28.3 Å². The number of carboxylic acid groups (broad SMARTS) is 1. The number of carboxylic acids is 1. The second-order valence-corrected chi connectivity index (χ2v) is 6.08. The minimum absolute atomic E-state index is 0.0612. The van der Waals surface area contributed by atoms with Crippen LogP contribution >= 0.6 is 11.8 Å². The number of fused-ring (bicyclic) bond motifs is 2. The Hall–Kier alpha value is -2.40. The van der Waals surface area contributed by atoms with E-state index in [0.717, 1.165) is 0 Å². The van der Waals surface area contributed by atoms with E-state index in [2.05, 4.69) is 0 Å². The van der Waals surface area contributed by atoms with Gasteiger partial charge in [0.15, 0.2) is 11.6 Å². The number of thioether (sulfide) groups is 1. The lowest BCUT2D eigenvalue weighted by molar-refractivity contribution is 0.0692. The van der Waals surface area contributed by atoms with Gasteiger partial charge >= 0.3 is 5.97 Å². The summed E-state index contributed by atoms with van der Waals surface area (Å²) in [6.07, 6.45) is 0. The SMILES string of the molecule is CCSc1c(C(=O)O)ccc2c1C(=O)c1ccccc1C2=O. The van der Waals surface area contributed by atoms with Crippen LogP contribution in [0.15, 0.2) is 41.3 Å². The topological polar surface area (TPSA) is 71.4 Å². The average Bonchev–Trinajstić information content (AvgIpc) is 2.52. The number of carbonyl (C=O) groups is 3. The summed E-state index contributed by atoms with van der Waals surface area (Å²) in [5.41, 5.74) is 1.27. The molecule has 0 saturated heterocycles. The lowest BCUT2D eigenvalue weighted by Crippen LogP contribution is -2.23. The Bertz CT molecular complexity index is 823. The standard InChI is InChI=1S/C17H12O4S/c1-2-22-16-12(17(20)21)8-7-11-13(16)15(19)10-6-4-3-5-9(10)14(11)18/h3-8H,2H2,1H3,(H,20,21). The molecule has 22 heavy (non-hydrogen) atoms. The summed E-state index contributed by atoms with van der Waals surface area (Å²) in [6, 6.07) is 9.47. The fourth-order valence-electron chi connectivity index (χ4n) is 2.62. The van der Waals surface area contributed by atoms with Crippen molar-refractivity contribution in [3.8, 4) is 0 Å². The average molecular weight is 312 g/mol. The van der Waals surface area contributed by atoms with E-state index in [1.165, 1.54) is 23.9 Å². The molecular formula is C17H12O4S. The van der Waals surface area contributed by atoms with Crippen molar-refractivity contribution in [2.75, 3.05) is 5.75 Å². The van der Waals surface area contributed by atoms with Crippen LogP contribution in [0.4, 0.5) is 0 Å². The van der Waals surface area contributed by atoms with Crippen molar-refractivity contribution in [3.05, 3.63) is 64.2 Å². The van der Waals surface area contributed by atoms with Crippen LogP contribution in [0, 0.1) is 0 Å². The minimum atomic E-state index is -1.10. The minimum Gasteiger partial charge on any atom is -0.478 e. The van der Waals surface area contributed by atoms with Gasteiger partial charge in [0.2, 0.25) is 0 Å². The van der Waals surface area contributed by atoms with Gasteiger partial charge in [-0.2, -0.15) is 0 Å². The van der Waals surface area contributed by atoms with E-state index in [0.29, 0.717) is 21.8 Å². The van der Waals surface area contributed by atoms with Crippen LogP contribution in [0.3, 0.4) is 0 Å². The van der Waals surface area contributed by atoms with Crippen molar-refractivity contribution in [3.63, 3.8) is 0 Å². The van der Waals surface area contributed by atoms with Gasteiger partial charge in [-0.1, -0.05) is 31.2 Å². The van der Waals surface area contributed by atoms with Gasteiger partial charge in [-0.05, 0) is 17.9 Å². The summed E-state index contributed by atoms with van der Waals surface area (Å²) >= 11 is 1.27. The maximum Gasteiger partial charge on any atom is 0.336 e. The lowest BCUT2D eigenvalue weighted by atomic mass is 9.83. The quantitative estimate of drug-likeness (QED) is 0.752. The smallest absolute Gasteiger partial charge is 0.336 e. The molecule has 0 spiro atoms. The lowest BCUT2D eigenvalue weighted by Gasteiger charge is -2.20. The van der Waals surface area contributed by atoms with E-state index in [1.54, 1.807) is 24.3 Å². The van der Waals surface area contributed by atoms with Gasteiger partial charge < -0.3 is 5.11 Å². The number of carbonyl (C=O) groups excluding carboxylic acids is 2. The summed E-state index contributed by atoms with van der Waals surface area (Å²) < 4.78 is 0. The first-order valence-electron chi connectivity index (χ1n) is 6.77. The summed E-state index contributed by atoms with van der Waals surface area (Å²) in [4.78, 5) is 37.1. The van der Waals surface area contributed by atoms with Crippen LogP contribution in [-0.2, 0) is 0 Å². The molecule has 3 rings (SSSR count). The molecule has 0 unspecified atom stereocenters. The van der Waals surface area contributed by atoms with Crippen LogP contribution in [-0.4, -0.2) is 28.4 Å². The zero-order valence-corrected chi connectivity index (χ0v) is 12.6. The molecule has 110 valence electrons. The van der Waals surface area contributed by atoms with Crippen LogP contribution in [0.2, 0.25) is 0 Å². The molecule has 0 bridgehead atoms. The molecule has 1 aliphatic rings. The van der Waals surface area contributed by atoms with Crippen LogP contribution < -0.4 is 0 Å². The predicted octanol–water partition coefficient (Wildman–Crippen LogP) is 3.27. The van der Waals surface area contributed by atoms with E-state index in [9.17, 15) is 19.5 Å². The molecule has 0 heterocycles. The maximum atomic E-state index is 12.8. The Balaban J connectivity index is 2.33. The van der Waals surface area contributed by atoms with Gasteiger partial charge in [-0.3, -0.25) is 9.59 Å². The molecule has 2 aromatic rings. The fourth-order valence-corrected chi connectivity index (χ4v) is 3.57. The highest BCUT2D eigenvalue weighted by atomic mass is 32.2. The van der Waals surface area contributed by atoms with Gasteiger partial charge in [0.25, 0.3) is 0 Å². The summed E-state index contributed by atoms with van der Waals surface area (Å²) in [6.45, 7) is 1.87. The van der Waals surface area contributed by atoms with E-state index in [1.807, 2.05) is 6.92 Å². The highest BCUT2D eigenvalue weighted by molar-refractivity contribution is 7.99. The molecule has 0 aromatic heterocycles. The molecule has 0 saturated carbocycles. The molecule has 5 heteroatoms. The first kappa shape index (κ1) is 14.5. The zero-order chi connectivity index (χ0) is 15.9. The third kappa shape index (κ3) is 2.05. The highest BCUT2D eigenvalue weighted by Gasteiger charge is 2.33. The van der Waals surface area contributed by atoms with Crippen molar-refractivity contribution in [1.82, 2.24) is 0 Å². The number of ketones is 2. The first-order chi connectivity index (χ1) is 10.6. The van der Waals surface area contributed by atoms with E-state index in [4.69, 9.17) is 0 Å². The van der Waals surface area contributed by atoms with Crippen molar-refractivity contribution < 1.29 is 19.5 Å². The largest absolute Gasteiger partial charge is 0.478 e. The second-order valence-electron chi connectivity index (χ2n) is 4.81. The molecule has 0 atom stereocenters. The third-order valence-corrected chi connectivity index (χ3v) is 4.57. The van der Waals surface area contributed by atoms with Gasteiger partial charge in [0, 0.05) is 27.1 Å². The Morgan fingerprint density at radius 2 is 1.64 bits per heavy atom. The molecule has 1 N–H and O–H groups in total. The fraction of sp³-hybridized carbons (Fsp3) is 0.118. The summed E-state index contributed by atoms with van der Waals surface area (Å²) in [5.74, 6) is -1.01. The molecular weight excluding hydrogens is 300 g/mol. The Morgan fingerprint density at radius 3 is 2.23 bits per heavy atom. The first-order valence-corrected chi connectivity index (χ1v) is 7.76. The van der Waals surface area contributed by atoms with Gasteiger partial charge in [0.05, 0.1) is 5.56 Å². The number of hydrogen-bond acceptors (Lipinski definition) is 4. The molecule has 2 aromatic carbocycles. The van der Waals surface area contributed by atoms with Gasteiger partial charge in [-0.25, -0.2) is 4.79 Å². The molecule has 0 aliphatic heterocycles. The molecule has 0 amide bonds. The van der Waals surface area contributed by atoms with Gasteiger partial charge in [-0.15, -0.1) is 11.8 Å². The second kappa shape index (κ2) is 5.42. The molecule has 0 radical (unpaired) electrons. The van der Waals surface area contributed by atoms with Crippen LogP contribution in [0.5, 0.6) is 0 Å². The summed E-state index contributed by atoms with van der Waals surface area (Å²) in [7, 11) is 0. The van der Waals surface area contributed by atoms with Crippen molar-refractivity contribution in [1.29, 1.82) is 0 Å². The van der Waals surface area contributed by atoms with E-state index >= 15 is 0 Å². The third-order valence-electron chi connectivity index (χ3n) is 3.56. The molecule has 4 nitrogen and oxygen atoms in total. The van der Waals surface area contributed by atoms with Crippen LogP contribution in [0.25, 0.3) is 0 Å². The zero-order valence-electron chi connectivity index (χ0n) is 11.8. The van der Waals surface area contributed by atoms with Crippen molar-refractivity contribution in [2.45, 2.75) is 11.8 Å². The van der Waals surface area contributed by atoms with Crippen LogP contribution in [0.1, 0.15) is 49.1 Å². The van der Waals surface area contributed by atoms with Crippen molar-refractivity contribution >= 4 is 29.3 Å².